The first-order valence-electron chi connectivity index (χ1n) is 4.87. The van der Waals surface area contributed by atoms with Gasteiger partial charge in [-0.15, -0.1) is 6.42 Å². The predicted octanol–water partition coefficient (Wildman–Crippen LogP) is 0.773. The molecule has 3 heteroatoms. The van der Waals surface area contributed by atoms with E-state index in [9.17, 15) is 4.79 Å². The van der Waals surface area contributed by atoms with Crippen LogP contribution in [0.3, 0.4) is 0 Å². The molecular formula is C12H12N2O. The maximum absolute atomic E-state index is 11.6. The molecule has 1 aliphatic rings. The number of para-hydroxylation sites is 1. The molecular weight excluding hydrogens is 188 g/mol. The quantitative estimate of drug-likeness (QED) is 0.692. The van der Waals surface area contributed by atoms with Gasteiger partial charge >= 0.3 is 0 Å². The number of carbonyl (C=O) groups excluding carboxylic acids is 1. The molecule has 1 aromatic carbocycles. The molecule has 0 fully saturated rings. The second-order valence-electron chi connectivity index (χ2n) is 3.48. The summed E-state index contributed by atoms with van der Waals surface area (Å²) < 4.78 is 0. The number of terminal acetylenes is 1. The first-order chi connectivity index (χ1) is 7.31. The maximum atomic E-state index is 11.6. The summed E-state index contributed by atoms with van der Waals surface area (Å²) in [5, 5.41) is 5.83. The third-order valence-corrected chi connectivity index (χ3v) is 2.45. The highest BCUT2D eigenvalue weighted by atomic mass is 16.2. The Bertz CT molecular complexity index is 395. The largest absolute Gasteiger partial charge is 0.373 e. The number of nitrogens with one attached hydrogen (secondary N) is 2. The number of fused-ring (bicyclic) bond motifs is 1. The lowest BCUT2D eigenvalue weighted by atomic mass is 10.1. The molecule has 76 valence electrons. The first-order valence-corrected chi connectivity index (χ1v) is 4.87. The van der Waals surface area contributed by atoms with Gasteiger partial charge in [-0.1, -0.05) is 24.1 Å². The van der Waals surface area contributed by atoms with E-state index in [-0.39, 0.29) is 18.5 Å². The fraction of sp³-hybridized carbons (Fsp3) is 0.250. The summed E-state index contributed by atoms with van der Waals surface area (Å²) in [6, 6.07) is 7.74. The lowest BCUT2D eigenvalue weighted by Gasteiger charge is -2.09. The van der Waals surface area contributed by atoms with Gasteiger partial charge in [-0.3, -0.25) is 4.79 Å². The van der Waals surface area contributed by atoms with Crippen molar-refractivity contribution in [3.05, 3.63) is 29.8 Å². The van der Waals surface area contributed by atoms with Gasteiger partial charge in [0, 0.05) is 12.1 Å². The van der Waals surface area contributed by atoms with Crippen LogP contribution >= 0.6 is 0 Å². The molecule has 1 atom stereocenters. The van der Waals surface area contributed by atoms with Crippen molar-refractivity contribution in [2.45, 2.75) is 12.5 Å². The average Bonchev–Trinajstić information content (AvgIpc) is 2.69. The maximum Gasteiger partial charge on any atom is 0.243 e. The van der Waals surface area contributed by atoms with E-state index in [0.29, 0.717) is 0 Å². The molecule has 3 nitrogen and oxygen atoms in total. The summed E-state index contributed by atoms with van der Waals surface area (Å²) in [4.78, 5) is 11.6. The van der Waals surface area contributed by atoms with E-state index in [1.807, 2.05) is 24.3 Å². The SMILES string of the molecule is C#CCNC(=O)C1Cc2ccccc2N1. The molecule has 15 heavy (non-hydrogen) atoms. The molecule has 2 N–H and O–H groups in total. The van der Waals surface area contributed by atoms with Gasteiger partial charge < -0.3 is 10.6 Å². The van der Waals surface area contributed by atoms with Gasteiger partial charge in [0.15, 0.2) is 0 Å². The Morgan fingerprint density at radius 1 is 1.60 bits per heavy atom. The van der Waals surface area contributed by atoms with Crippen LogP contribution in [0.4, 0.5) is 5.69 Å². The van der Waals surface area contributed by atoms with E-state index in [1.54, 1.807) is 0 Å². The second kappa shape index (κ2) is 4.05. The summed E-state index contributed by atoms with van der Waals surface area (Å²) in [7, 11) is 0. The van der Waals surface area contributed by atoms with Crippen molar-refractivity contribution in [2.24, 2.45) is 0 Å². The first kappa shape index (κ1) is 9.60. The second-order valence-corrected chi connectivity index (χ2v) is 3.48. The molecule has 0 spiro atoms. The molecule has 1 aromatic rings. The summed E-state index contributed by atoms with van der Waals surface area (Å²) in [5.74, 6) is 2.35. The molecule has 0 saturated heterocycles. The molecule has 0 aromatic heterocycles. The van der Waals surface area contributed by atoms with E-state index < -0.39 is 0 Å². The molecule has 2 rings (SSSR count). The Labute approximate surface area is 88.9 Å². The van der Waals surface area contributed by atoms with E-state index in [4.69, 9.17) is 6.42 Å². The van der Waals surface area contributed by atoms with Crippen molar-refractivity contribution in [2.75, 3.05) is 11.9 Å². The third-order valence-electron chi connectivity index (χ3n) is 2.45. The highest BCUT2D eigenvalue weighted by Gasteiger charge is 2.25. The van der Waals surface area contributed by atoms with Crippen molar-refractivity contribution < 1.29 is 4.79 Å². The fourth-order valence-electron chi connectivity index (χ4n) is 1.72. The van der Waals surface area contributed by atoms with Crippen LogP contribution in [-0.4, -0.2) is 18.5 Å². The van der Waals surface area contributed by atoms with Gasteiger partial charge in [-0.25, -0.2) is 0 Å². The van der Waals surface area contributed by atoms with Crippen molar-refractivity contribution >= 4 is 11.6 Å². The minimum atomic E-state index is -0.184. The number of benzene rings is 1. The van der Waals surface area contributed by atoms with Gasteiger partial charge in [-0.05, 0) is 11.6 Å². The van der Waals surface area contributed by atoms with E-state index in [0.717, 1.165) is 12.1 Å². The van der Waals surface area contributed by atoms with Gasteiger partial charge in [-0.2, -0.15) is 0 Å². The number of rotatable bonds is 2. The lowest BCUT2D eigenvalue weighted by Crippen LogP contribution is -2.38. The Kier molecular flexibility index (Phi) is 2.59. The molecule has 0 bridgehead atoms. The van der Waals surface area contributed by atoms with Crippen LogP contribution in [0.25, 0.3) is 0 Å². The number of anilines is 1. The number of amides is 1. The molecule has 0 radical (unpaired) electrons. The standard InChI is InChI=1S/C12H12N2O/c1-2-7-13-12(15)11-8-9-5-3-4-6-10(9)14-11/h1,3-6,11,14H,7-8H2,(H,13,15). The highest BCUT2D eigenvalue weighted by Crippen LogP contribution is 2.24. The van der Waals surface area contributed by atoms with Crippen LogP contribution < -0.4 is 10.6 Å². The summed E-state index contributed by atoms with van der Waals surface area (Å²) >= 11 is 0. The lowest BCUT2D eigenvalue weighted by molar-refractivity contribution is -0.121. The topological polar surface area (TPSA) is 41.1 Å². The summed E-state index contributed by atoms with van der Waals surface area (Å²) in [6.45, 7) is 0.285. The minimum absolute atomic E-state index is 0.0378. The fourth-order valence-corrected chi connectivity index (χ4v) is 1.72. The Morgan fingerprint density at radius 2 is 2.40 bits per heavy atom. The van der Waals surface area contributed by atoms with Gasteiger partial charge in [0.2, 0.25) is 5.91 Å². The van der Waals surface area contributed by atoms with Crippen LogP contribution in [0.5, 0.6) is 0 Å². The third kappa shape index (κ3) is 1.94. The van der Waals surface area contributed by atoms with E-state index >= 15 is 0 Å². The monoisotopic (exact) mass is 200 g/mol. The van der Waals surface area contributed by atoms with Gasteiger partial charge in [0.1, 0.15) is 6.04 Å². The molecule has 0 saturated carbocycles. The van der Waals surface area contributed by atoms with Crippen LogP contribution in [0, 0.1) is 12.3 Å². The zero-order valence-corrected chi connectivity index (χ0v) is 8.29. The Balaban J connectivity index is 2.01. The zero-order chi connectivity index (χ0) is 10.7. The van der Waals surface area contributed by atoms with Crippen molar-refractivity contribution in [3.63, 3.8) is 0 Å². The number of carbonyl (C=O) groups is 1. The highest BCUT2D eigenvalue weighted by molar-refractivity contribution is 5.87. The molecule has 1 heterocycles. The Hall–Kier alpha value is -1.95. The Morgan fingerprint density at radius 3 is 3.13 bits per heavy atom. The van der Waals surface area contributed by atoms with Crippen LogP contribution in [0.2, 0.25) is 0 Å². The van der Waals surface area contributed by atoms with Crippen molar-refractivity contribution in [1.82, 2.24) is 5.32 Å². The molecule has 1 aliphatic heterocycles. The molecule has 1 amide bonds. The van der Waals surface area contributed by atoms with Crippen LogP contribution in [-0.2, 0) is 11.2 Å². The minimum Gasteiger partial charge on any atom is -0.373 e. The normalized spacial score (nSPS) is 17.4. The zero-order valence-electron chi connectivity index (χ0n) is 8.29. The van der Waals surface area contributed by atoms with Gasteiger partial charge in [0.25, 0.3) is 0 Å². The molecule has 1 unspecified atom stereocenters. The smallest absolute Gasteiger partial charge is 0.243 e. The van der Waals surface area contributed by atoms with Crippen LogP contribution in [0.1, 0.15) is 5.56 Å². The summed E-state index contributed by atoms with van der Waals surface area (Å²) in [5.41, 5.74) is 2.22. The van der Waals surface area contributed by atoms with Crippen molar-refractivity contribution in [3.8, 4) is 12.3 Å². The molecule has 0 aliphatic carbocycles. The average molecular weight is 200 g/mol. The van der Waals surface area contributed by atoms with Crippen molar-refractivity contribution in [1.29, 1.82) is 0 Å². The van der Waals surface area contributed by atoms with Crippen LogP contribution in [0.15, 0.2) is 24.3 Å². The van der Waals surface area contributed by atoms with E-state index in [2.05, 4.69) is 16.6 Å². The summed E-state index contributed by atoms with van der Waals surface area (Å²) in [6.07, 6.45) is 5.80. The van der Waals surface area contributed by atoms with Gasteiger partial charge in [0.05, 0.1) is 6.54 Å². The number of hydrogen-bond acceptors (Lipinski definition) is 2. The van der Waals surface area contributed by atoms with E-state index in [1.165, 1.54) is 5.56 Å². The predicted molar refractivity (Wildman–Crippen MR) is 59.4 cm³/mol. The number of hydrogen-bond donors (Lipinski definition) is 2.